The van der Waals surface area contributed by atoms with E-state index in [1.54, 1.807) is 26.1 Å². The summed E-state index contributed by atoms with van der Waals surface area (Å²) in [6, 6.07) is 3.48. The number of hydrogen-bond acceptors (Lipinski definition) is 8. The topological polar surface area (TPSA) is 141 Å². The average Bonchev–Trinajstić information content (AvgIpc) is 3.11. The molecule has 2 aromatic heterocycles. The number of benzene rings is 2. The molecule has 2 atom stereocenters. The molecule has 45 heavy (non-hydrogen) atoms. The molecule has 1 saturated heterocycles. The summed E-state index contributed by atoms with van der Waals surface area (Å²) in [5.74, 6) is -5.38. The molecule has 4 aromatic rings. The van der Waals surface area contributed by atoms with E-state index in [-0.39, 0.29) is 35.9 Å². The zero-order valence-electron chi connectivity index (χ0n) is 24.9. The molecule has 0 bridgehead atoms. The maximum absolute atomic E-state index is 17.2. The number of aromatic hydroxyl groups is 2. The highest BCUT2D eigenvalue weighted by molar-refractivity contribution is 6.14. The van der Waals surface area contributed by atoms with Crippen LogP contribution in [0.2, 0.25) is 0 Å². The number of anilines is 2. The number of rotatable bonds is 4. The van der Waals surface area contributed by atoms with Crippen LogP contribution in [0.5, 0.6) is 11.5 Å². The molecule has 3 N–H and O–H groups in total. The van der Waals surface area contributed by atoms with Gasteiger partial charge in [-0.3, -0.25) is 19.1 Å². The van der Waals surface area contributed by atoms with Crippen molar-refractivity contribution in [3.63, 3.8) is 0 Å². The fourth-order valence-electron chi connectivity index (χ4n) is 6.36. The summed E-state index contributed by atoms with van der Waals surface area (Å²) in [5.41, 5.74) is -2.08. The minimum atomic E-state index is -1.29. The fourth-order valence-corrected chi connectivity index (χ4v) is 6.36. The third-order valence-corrected chi connectivity index (χ3v) is 8.36. The maximum Gasteiger partial charge on any atom is 0.354 e. The number of nitrogens with zero attached hydrogens (tertiary/aromatic N) is 5. The van der Waals surface area contributed by atoms with E-state index in [2.05, 4.69) is 21.9 Å². The first kappa shape index (κ1) is 29.7. The Kier molecular flexibility index (Phi) is 7.06. The normalized spacial score (nSPS) is 17.7. The molecule has 11 nitrogen and oxygen atoms in total. The minimum Gasteiger partial charge on any atom is -0.507 e. The quantitative estimate of drug-likeness (QED) is 0.291. The number of phenols is 2. The van der Waals surface area contributed by atoms with Crippen LogP contribution in [0, 0.1) is 18.6 Å². The van der Waals surface area contributed by atoms with E-state index in [1.165, 1.54) is 15.9 Å². The van der Waals surface area contributed by atoms with Gasteiger partial charge in [0, 0.05) is 18.8 Å². The van der Waals surface area contributed by atoms with E-state index >= 15 is 8.78 Å². The van der Waals surface area contributed by atoms with Crippen LogP contribution in [-0.2, 0) is 9.59 Å². The molecule has 1 fully saturated rings. The maximum atomic E-state index is 17.2. The molecule has 0 saturated carbocycles. The summed E-state index contributed by atoms with van der Waals surface area (Å²) in [4.78, 5) is 52.2. The monoisotopic (exact) mass is 616 g/mol. The van der Waals surface area contributed by atoms with E-state index in [4.69, 9.17) is 0 Å². The number of aromatic nitrogens is 3. The standard InChI is InChI=1S/C32H30F2N6O5/c1-6-20(43)38-12-16(5)39-17(13-38)31(44)36-27-23-29(25(34)22(24(27)33)21-18(41)8-7-9-19(21)42)40(32(45)37-30(23)39)28-15(4)10-11-35-26(28)14(2)3/h6-11,14,16-17,41-42H,1,12-13H2,2-5H3,(H,36,44). The first-order valence-corrected chi connectivity index (χ1v) is 14.3. The third-order valence-electron chi connectivity index (χ3n) is 8.36. The van der Waals surface area contributed by atoms with Gasteiger partial charge in [0.05, 0.1) is 40.1 Å². The second-order valence-corrected chi connectivity index (χ2v) is 11.6. The number of aryl methyl sites for hydroxylation is 1. The van der Waals surface area contributed by atoms with E-state index in [0.717, 1.165) is 22.8 Å². The van der Waals surface area contributed by atoms with Crippen molar-refractivity contribution in [2.75, 3.05) is 23.3 Å². The smallest absolute Gasteiger partial charge is 0.354 e. The highest BCUT2D eigenvalue weighted by atomic mass is 19.1. The van der Waals surface area contributed by atoms with Crippen LogP contribution in [0.3, 0.4) is 0 Å². The van der Waals surface area contributed by atoms with E-state index in [9.17, 15) is 24.6 Å². The summed E-state index contributed by atoms with van der Waals surface area (Å²) in [5, 5.41) is 23.7. The van der Waals surface area contributed by atoms with Crippen molar-refractivity contribution < 1.29 is 28.6 Å². The van der Waals surface area contributed by atoms with E-state index in [0.29, 0.717) is 11.3 Å². The van der Waals surface area contributed by atoms with Crippen LogP contribution >= 0.6 is 0 Å². The number of phenolic OH excluding ortho intramolecular Hbond substituents is 2. The molecule has 232 valence electrons. The van der Waals surface area contributed by atoms with Gasteiger partial charge >= 0.3 is 5.69 Å². The lowest BCUT2D eigenvalue weighted by Gasteiger charge is -2.44. The van der Waals surface area contributed by atoms with E-state index < -0.39 is 75.1 Å². The van der Waals surface area contributed by atoms with Gasteiger partial charge < -0.3 is 25.3 Å². The average molecular weight is 617 g/mol. The van der Waals surface area contributed by atoms with Gasteiger partial charge in [-0.15, -0.1) is 0 Å². The second kappa shape index (κ2) is 10.7. The predicted molar refractivity (Wildman–Crippen MR) is 164 cm³/mol. The van der Waals surface area contributed by atoms with Crippen LogP contribution in [0.1, 0.15) is 37.9 Å². The molecular formula is C32H30F2N6O5. The van der Waals surface area contributed by atoms with Crippen molar-refractivity contribution in [3.8, 4) is 28.3 Å². The molecule has 13 heteroatoms. The summed E-state index contributed by atoms with van der Waals surface area (Å²) in [6.07, 6.45) is 2.67. The van der Waals surface area contributed by atoms with Crippen LogP contribution in [0.25, 0.3) is 27.7 Å². The SMILES string of the molecule is C=CC(=O)N1CC(C)N2c3nc(=O)n(-c4c(C)ccnc4C(C)C)c4c(F)c(-c5c(O)cccc5O)c(F)c(c34)NC(=O)C2C1. The van der Waals surface area contributed by atoms with Crippen molar-refractivity contribution in [1.82, 2.24) is 19.4 Å². The Labute approximate surface area is 256 Å². The largest absolute Gasteiger partial charge is 0.507 e. The van der Waals surface area contributed by atoms with Crippen LogP contribution in [0.15, 0.2) is 47.9 Å². The lowest BCUT2D eigenvalue weighted by atomic mass is 9.97. The number of halogens is 2. The number of nitrogens with one attached hydrogen (secondary N) is 1. The molecule has 4 heterocycles. The first-order valence-electron chi connectivity index (χ1n) is 14.3. The third kappa shape index (κ3) is 4.40. The van der Waals surface area contributed by atoms with Gasteiger partial charge in [-0.05, 0) is 49.6 Å². The van der Waals surface area contributed by atoms with Crippen molar-refractivity contribution in [2.45, 2.75) is 45.7 Å². The Hall–Kier alpha value is -5.33. The van der Waals surface area contributed by atoms with Gasteiger partial charge in [-0.25, -0.2) is 13.6 Å². The Morgan fingerprint density at radius 2 is 1.80 bits per heavy atom. The molecule has 0 radical (unpaired) electrons. The summed E-state index contributed by atoms with van der Waals surface area (Å²) >= 11 is 0. The molecule has 2 aromatic carbocycles. The van der Waals surface area contributed by atoms with Crippen LogP contribution in [0.4, 0.5) is 20.3 Å². The Balaban J connectivity index is 1.81. The summed E-state index contributed by atoms with van der Waals surface area (Å²) < 4.78 is 34.9. The van der Waals surface area contributed by atoms with Crippen molar-refractivity contribution >= 4 is 34.2 Å². The van der Waals surface area contributed by atoms with Crippen molar-refractivity contribution in [3.05, 3.63) is 76.5 Å². The number of fused-ring (bicyclic) bond motifs is 2. The lowest BCUT2D eigenvalue weighted by Crippen LogP contribution is -2.62. The lowest BCUT2D eigenvalue weighted by molar-refractivity contribution is -0.128. The first-order chi connectivity index (χ1) is 21.4. The number of carbonyl (C=O) groups is 2. The molecule has 2 aliphatic rings. The van der Waals surface area contributed by atoms with Crippen LogP contribution < -0.4 is 15.9 Å². The van der Waals surface area contributed by atoms with Gasteiger partial charge in [0.15, 0.2) is 11.6 Å². The Morgan fingerprint density at radius 1 is 1.11 bits per heavy atom. The molecule has 0 spiro atoms. The Bertz CT molecular complexity index is 1990. The highest BCUT2D eigenvalue weighted by Gasteiger charge is 2.44. The zero-order valence-corrected chi connectivity index (χ0v) is 24.9. The summed E-state index contributed by atoms with van der Waals surface area (Å²) in [6.45, 7) is 10.6. The van der Waals surface area contributed by atoms with Gasteiger partial charge in [0.1, 0.15) is 28.9 Å². The molecule has 2 aliphatic heterocycles. The molecule has 6 rings (SSSR count). The second-order valence-electron chi connectivity index (χ2n) is 11.6. The predicted octanol–water partition coefficient (Wildman–Crippen LogP) is 4.11. The molecule has 2 unspecified atom stereocenters. The number of amides is 2. The van der Waals surface area contributed by atoms with Crippen molar-refractivity contribution in [1.29, 1.82) is 0 Å². The van der Waals surface area contributed by atoms with Crippen LogP contribution in [-0.4, -0.2) is 66.6 Å². The number of piperazine rings is 1. The van der Waals surface area contributed by atoms with E-state index in [1.807, 2.05) is 13.8 Å². The number of hydrogen-bond donors (Lipinski definition) is 3. The van der Waals surface area contributed by atoms with Gasteiger partial charge in [0.2, 0.25) is 11.8 Å². The minimum absolute atomic E-state index is 0.115. The van der Waals surface area contributed by atoms with Gasteiger partial charge in [-0.2, -0.15) is 4.98 Å². The highest BCUT2D eigenvalue weighted by Crippen LogP contribution is 2.48. The molecule has 2 amide bonds. The summed E-state index contributed by atoms with van der Waals surface area (Å²) in [7, 11) is 0. The van der Waals surface area contributed by atoms with Gasteiger partial charge in [0.25, 0.3) is 0 Å². The fraction of sp³-hybridized carbons (Fsp3) is 0.281. The zero-order chi connectivity index (χ0) is 32.5. The van der Waals surface area contributed by atoms with Gasteiger partial charge in [-0.1, -0.05) is 26.5 Å². The Morgan fingerprint density at radius 3 is 2.44 bits per heavy atom. The number of pyridine rings is 1. The number of carbonyl (C=O) groups excluding carboxylic acids is 2. The van der Waals surface area contributed by atoms with Crippen molar-refractivity contribution in [2.24, 2.45) is 0 Å². The molecular weight excluding hydrogens is 586 g/mol. The molecule has 0 aliphatic carbocycles.